The van der Waals surface area contributed by atoms with Crippen LogP contribution >= 0.6 is 24.0 Å². The summed E-state index contributed by atoms with van der Waals surface area (Å²) in [6.07, 6.45) is 5.27. The van der Waals surface area contributed by atoms with Crippen molar-refractivity contribution < 1.29 is 4.74 Å². The lowest BCUT2D eigenvalue weighted by Gasteiger charge is -2.18. The standard InChI is InChI=1S/C15H30N4O.HI/c1-3-7-19-8-6-13(12-19)10-17-15(16-2)18-11-14-5-4-9-20-14;/h13-14H,3-12H2,1-2H3,(H2,16,17,18);1H. The second kappa shape index (κ2) is 10.6. The van der Waals surface area contributed by atoms with Gasteiger partial charge in [0.1, 0.15) is 0 Å². The molecule has 2 aliphatic heterocycles. The molecule has 2 aliphatic rings. The van der Waals surface area contributed by atoms with Gasteiger partial charge < -0.3 is 20.3 Å². The van der Waals surface area contributed by atoms with E-state index in [9.17, 15) is 0 Å². The summed E-state index contributed by atoms with van der Waals surface area (Å²) in [5.41, 5.74) is 0. The van der Waals surface area contributed by atoms with Crippen LogP contribution in [-0.2, 0) is 4.74 Å². The lowest BCUT2D eigenvalue weighted by molar-refractivity contribution is 0.114. The van der Waals surface area contributed by atoms with Crippen molar-refractivity contribution in [2.45, 2.75) is 38.7 Å². The largest absolute Gasteiger partial charge is 0.376 e. The molecule has 5 nitrogen and oxygen atoms in total. The molecule has 0 aromatic rings. The molecule has 0 aromatic heterocycles. The highest BCUT2D eigenvalue weighted by Gasteiger charge is 2.22. The van der Waals surface area contributed by atoms with Gasteiger partial charge in [-0.2, -0.15) is 0 Å². The van der Waals surface area contributed by atoms with Gasteiger partial charge >= 0.3 is 0 Å². The summed E-state index contributed by atoms with van der Waals surface area (Å²) in [5.74, 6) is 1.66. The minimum atomic E-state index is 0. The van der Waals surface area contributed by atoms with Gasteiger partial charge in [0.2, 0.25) is 0 Å². The summed E-state index contributed by atoms with van der Waals surface area (Å²) < 4.78 is 5.61. The Balaban J connectivity index is 0.00000220. The van der Waals surface area contributed by atoms with E-state index in [1.54, 1.807) is 0 Å². The highest BCUT2D eigenvalue weighted by Crippen LogP contribution is 2.15. The van der Waals surface area contributed by atoms with Gasteiger partial charge in [0.25, 0.3) is 0 Å². The molecule has 0 saturated carbocycles. The zero-order valence-electron chi connectivity index (χ0n) is 13.4. The van der Waals surface area contributed by atoms with Crippen LogP contribution in [0.15, 0.2) is 4.99 Å². The fourth-order valence-corrected chi connectivity index (χ4v) is 3.08. The maximum atomic E-state index is 5.61. The van der Waals surface area contributed by atoms with Gasteiger partial charge in [0.15, 0.2) is 5.96 Å². The number of ether oxygens (including phenoxy) is 1. The van der Waals surface area contributed by atoms with Gasteiger partial charge in [-0.25, -0.2) is 0 Å². The molecule has 2 N–H and O–H groups in total. The Bertz CT molecular complexity index is 308. The van der Waals surface area contributed by atoms with Crippen LogP contribution in [0.3, 0.4) is 0 Å². The molecule has 0 radical (unpaired) electrons. The zero-order valence-corrected chi connectivity index (χ0v) is 15.8. The Labute approximate surface area is 146 Å². The Morgan fingerprint density at radius 3 is 2.76 bits per heavy atom. The quantitative estimate of drug-likeness (QED) is 0.398. The maximum Gasteiger partial charge on any atom is 0.191 e. The average Bonchev–Trinajstić information content (AvgIpc) is 3.11. The summed E-state index contributed by atoms with van der Waals surface area (Å²) in [6.45, 7) is 8.77. The van der Waals surface area contributed by atoms with Gasteiger partial charge in [0.05, 0.1) is 6.10 Å². The second-order valence-electron chi connectivity index (χ2n) is 5.92. The zero-order chi connectivity index (χ0) is 14.2. The van der Waals surface area contributed by atoms with E-state index >= 15 is 0 Å². The van der Waals surface area contributed by atoms with Gasteiger partial charge in [-0.05, 0) is 44.7 Å². The average molecular weight is 410 g/mol. The van der Waals surface area contributed by atoms with Crippen LogP contribution < -0.4 is 10.6 Å². The summed E-state index contributed by atoms with van der Waals surface area (Å²) >= 11 is 0. The number of nitrogens with one attached hydrogen (secondary N) is 2. The van der Waals surface area contributed by atoms with E-state index in [-0.39, 0.29) is 24.0 Å². The molecule has 0 aromatic carbocycles. The first kappa shape index (κ1) is 19.0. The van der Waals surface area contributed by atoms with E-state index in [0.717, 1.165) is 31.6 Å². The van der Waals surface area contributed by atoms with E-state index in [2.05, 4.69) is 27.4 Å². The Hall–Kier alpha value is -0.0800. The minimum Gasteiger partial charge on any atom is -0.376 e. The summed E-state index contributed by atoms with van der Waals surface area (Å²) in [4.78, 5) is 6.85. The second-order valence-corrected chi connectivity index (χ2v) is 5.92. The predicted molar refractivity (Wildman–Crippen MR) is 98.6 cm³/mol. The van der Waals surface area contributed by atoms with Gasteiger partial charge in [-0.1, -0.05) is 6.92 Å². The highest BCUT2D eigenvalue weighted by atomic mass is 127. The first-order valence-electron chi connectivity index (χ1n) is 8.10. The molecule has 21 heavy (non-hydrogen) atoms. The Morgan fingerprint density at radius 1 is 1.29 bits per heavy atom. The van der Waals surface area contributed by atoms with Crippen molar-refractivity contribution in [2.24, 2.45) is 10.9 Å². The summed E-state index contributed by atoms with van der Waals surface area (Å²) in [5, 5.41) is 6.83. The van der Waals surface area contributed by atoms with Crippen LogP contribution in [0.25, 0.3) is 0 Å². The third kappa shape index (κ3) is 6.69. The first-order chi connectivity index (χ1) is 9.81. The summed E-state index contributed by atoms with van der Waals surface area (Å²) in [6, 6.07) is 0. The topological polar surface area (TPSA) is 48.9 Å². The van der Waals surface area contributed by atoms with E-state index in [1.165, 1.54) is 45.3 Å². The van der Waals surface area contributed by atoms with Crippen LogP contribution in [0.4, 0.5) is 0 Å². The molecule has 0 aliphatic carbocycles. The van der Waals surface area contributed by atoms with Crippen LogP contribution in [0.2, 0.25) is 0 Å². The van der Waals surface area contributed by atoms with Gasteiger partial charge in [-0.15, -0.1) is 24.0 Å². The number of nitrogens with zero attached hydrogens (tertiary/aromatic N) is 2. The maximum absolute atomic E-state index is 5.61. The molecule has 2 heterocycles. The third-order valence-electron chi connectivity index (χ3n) is 4.21. The molecular weight excluding hydrogens is 379 g/mol. The monoisotopic (exact) mass is 410 g/mol. The number of aliphatic imine (C=N–C) groups is 1. The van der Waals surface area contributed by atoms with Crippen molar-refractivity contribution in [3.63, 3.8) is 0 Å². The van der Waals surface area contributed by atoms with Crippen LogP contribution in [0.5, 0.6) is 0 Å². The van der Waals surface area contributed by atoms with Crippen molar-refractivity contribution in [3.05, 3.63) is 0 Å². The molecule has 0 spiro atoms. The molecule has 0 amide bonds. The highest BCUT2D eigenvalue weighted by molar-refractivity contribution is 14.0. The lowest BCUT2D eigenvalue weighted by atomic mass is 10.1. The van der Waals surface area contributed by atoms with E-state index in [1.807, 2.05) is 7.05 Å². The van der Waals surface area contributed by atoms with Crippen molar-refractivity contribution in [2.75, 3.05) is 46.4 Å². The van der Waals surface area contributed by atoms with Crippen molar-refractivity contribution >= 4 is 29.9 Å². The first-order valence-corrected chi connectivity index (χ1v) is 8.10. The third-order valence-corrected chi connectivity index (χ3v) is 4.21. The molecule has 124 valence electrons. The van der Waals surface area contributed by atoms with Crippen LogP contribution in [0.1, 0.15) is 32.6 Å². The summed E-state index contributed by atoms with van der Waals surface area (Å²) in [7, 11) is 1.84. The molecule has 2 rings (SSSR count). The molecule has 6 heteroatoms. The van der Waals surface area contributed by atoms with E-state index in [4.69, 9.17) is 4.74 Å². The fourth-order valence-electron chi connectivity index (χ4n) is 3.08. The molecule has 0 bridgehead atoms. The number of rotatable bonds is 6. The molecule has 2 unspecified atom stereocenters. The number of hydrogen-bond donors (Lipinski definition) is 2. The minimum absolute atomic E-state index is 0. The molecule has 2 fully saturated rings. The van der Waals surface area contributed by atoms with E-state index < -0.39 is 0 Å². The number of halogens is 1. The van der Waals surface area contributed by atoms with Gasteiger partial charge in [-0.3, -0.25) is 4.99 Å². The Morgan fingerprint density at radius 2 is 2.10 bits per heavy atom. The fraction of sp³-hybridized carbons (Fsp3) is 0.933. The number of hydrogen-bond acceptors (Lipinski definition) is 3. The SMILES string of the molecule is CCCN1CCC(CNC(=NC)NCC2CCCO2)C1.I. The van der Waals surface area contributed by atoms with Crippen molar-refractivity contribution in [1.82, 2.24) is 15.5 Å². The molecule has 2 atom stereocenters. The van der Waals surface area contributed by atoms with Crippen molar-refractivity contribution in [3.8, 4) is 0 Å². The van der Waals surface area contributed by atoms with E-state index in [0.29, 0.717) is 6.10 Å². The molecular formula is C15H31IN4O. The smallest absolute Gasteiger partial charge is 0.191 e. The van der Waals surface area contributed by atoms with Crippen LogP contribution in [-0.4, -0.2) is 63.3 Å². The number of likely N-dealkylation sites (tertiary alicyclic amines) is 1. The molecule has 2 saturated heterocycles. The van der Waals surface area contributed by atoms with Crippen molar-refractivity contribution in [1.29, 1.82) is 0 Å². The normalized spacial score (nSPS) is 26.7. The number of guanidine groups is 1. The lowest BCUT2D eigenvalue weighted by Crippen LogP contribution is -2.43. The van der Waals surface area contributed by atoms with Gasteiger partial charge in [0, 0.05) is 33.3 Å². The van der Waals surface area contributed by atoms with Crippen LogP contribution in [0, 0.1) is 5.92 Å². The Kier molecular flexibility index (Phi) is 9.59. The predicted octanol–water partition coefficient (Wildman–Crippen LogP) is 1.68.